The fraction of sp³-hybridized carbons (Fsp3) is 0.393. The van der Waals surface area contributed by atoms with Crippen LogP contribution in [0.25, 0.3) is 11.6 Å². The van der Waals surface area contributed by atoms with E-state index in [-0.39, 0.29) is 35.0 Å². The van der Waals surface area contributed by atoms with Crippen LogP contribution in [0.4, 0.5) is 8.78 Å². The predicted molar refractivity (Wildman–Crippen MR) is 132 cm³/mol. The van der Waals surface area contributed by atoms with E-state index in [2.05, 4.69) is 23.3 Å². The summed E-state index contributed by atoms with van der Waals surface area (Å²) in [5.74, 6) is -2.43. The number of furan rings is 1. The van der Waals surface area contributed by atoms with Crippen LogP contribution in [0.15, 0.2) is 51.2 Å². The molecule has 1 aliphatic carbocycles. The molecule has 1 aliphatic heterocycles. The summed E-state index contributed by atoms with van der Waals surface area (Å²) in [7, 11) is 0. The standard InChI is InChI=1S/C28H29F2N3O2/c1-5-23-16(2)8-9-32-26(24(23)14-31)27(34)33-17(3)21-13-25(35-15-21)20-10-18-6-7-22(28(4,29)30)12-19(18)11-20/h6-7,9,11-13,15-17,23H,5,8,10H2,1-4H3,(H,33,34)/t16?,17-,23?/m1/s1. The third kappa shape index (κ3) is 4.97. The van der Waals surface area contributed by atoms with Crippen LogP contribution in [-0.4, -0.2) is 12.1 Å². The van der Waals surface area contributed by atoms with Crippen molar-refractivity contribution in [2.75, 3.05) is 0 Å². The summed E-state index contributed by atoms with van der Waals surface area (Å²) >= 11 is 0. The molecule has 0 saturated carbocycles. The van der Waals surface area contributed by atoms with Crippen molar-refractivity contribution in [1.29, 1.82) is 5.26 Å². The van der Waals surface area contributed by atoms with Gasteiger partial charge in [-0.05, 0) is 66.5 Å². The first-order chi connectivity index (χ1) is 16.6. The number of nitrogens with one attached hydrogen (secondary N) is 1. The molecule has 0 radical (unpaired) electrons. The number of alkyl halides is 2. The molecule has 5 nitrogen and oxygen atoms in total. The van der Waals surface area contributed by atoms with Gasteiger partial charge in [-0.15, -0.1) is 0 Å². The van der Waals surface area contributed by atoms with E-state index < -0.39 is 5.92 Å². The second kappa shape index (κ2) is 9.61. The van der Waals surface area contributed by atoms with Gasteiger partial charge in [0.15, 0.2) is 0 Å². The molecular formula is C28H29F2N3O2. The third-order valence-corrected chi connectivity index (χ3v) is 6.93. The van der Waals surface area contributed by atoms with E-state index in [9.17, 15) is 18.8 Å². The summed E-state index contributed by atoms with van der Waals surface area (Å²) in [5, 5.41) is 12.7. The van der Waals surface area contributed by atoms with Crippen LogP contribution in [0.2, 0.25) is 0 Å². The number of amides is 1. The van der Waals surface area contributed by atoms with Crippen LogP contribution in [-0.2, 0) is 17.1 Å². The lowest BCUT2D eigenvalue weighted by Crippen LogP contribution is -2.28. The maximum atomic E-state index is 13.7. The molecule has 0 saturated heterocycles. The third-order valence-electron chi connectivity index (χ3n) is 6.93. The van der Waals surface area contributed by atoms with Gasteiger partial charge in [0.1, 0.15) is 11.5 Å². The number of carbonyl (C=O) groups is 1. The molecule has 0 fully saturated rings. The fourth-order valence-electron chi connectivity index (χ4n) is 4.79. The first-order valence-electron chi connectivity index (χ1n) is 11.9. The highest BCUT2D eigenvalue weighted by Crippen LogP contribution is 2.37. The summed E-state index contributed by atoms with van der Waals surface area (Å²) < 4.78 is 33.2. The second-order valence-corrected chi connectivity index (χ2v) is 9.50. The SMILES string of the molecule is CCC1C(C#N)=C(C(=O)N[C@H](C)c2coc(C3=Cc4cc(C(C)(F)F)ccc4C3)c2)N=CCC1C. The van der Waals surface area contributed by atoms with Crippen molar-refractivity contribution in [3.8, 4) is 6.07 Å². The largest absolute Gasteiger partial charge is 0.464 e. The minimum absolute atomic E-state index is 0.0109. The van der Waals surface area contributed by atoms with Gasteiger partial charge in [-0.25, -0.2) is 8.78 Å². The molecule has 1 N–H and O–H groups in total. The van der Waals surface area contributed by atoms with E-state index in [4.69, 9.17) is 4.42 Å². The molecule has 1 aromatic carbocycles. The lowest BCUT2D eigenvalue weighted by molar-refractivity contribution is -0.118. The summed E-state index contributed by atoms with van der Waals surface area (Å²) in [6.07, 6.45) is 7.24. The molecule has 1 amide bonds. The summed E-state index contributed by atoms with van der Waals surface area (Å²) in [6, 6.07) is 8.41. The number of aliphatic imine (C=N–C) groups is 1. The Balaban J connectivity index is 1.51. The van der Waals surface area contributed by atoms with Crippen LogP contribution < -0.4 is 5.32 Å². The number of nitriles is 1. The van der Waals surface area contributed by atoms with Gasteiger partial charge in [-0.3, -0.25) is 9.79 Å². The second-order valence-electron chi connectivity index (χ2n) is 9.50. The molecule has 0 spiro atoms. The van der Waals surface area contributed by atoms with E-state index in [1.54, 1.807) is 18.5 Å². The van der Waals surface area contributed by atoms with Crippen LogP contribution in [0, 0.1) is 23.2 Å². The Bertz CT molecular complexity index is 1270. The van der Waals surface area contributed by atoms with Crippen LogP contribution in [0.5, 0.6) is 0 Å². The van der Waals surface area contributed by atoms with Crippen molar-refractivity contribution >= 4 is 23.8 Å². The fourth-order valence-corrected chi connectivity index (χ4v) is 4.79. The van der Waals surface area contributed by atoms with Crippen molar-refractivity contribution in [3.63, 3.8) is 0 Å². The lowest BCUT2D eigenvalue weighted by atomic mass is 9.83. The average Bonchev–Trinajstić information content (AvgIpc) is 3.43. The highest BCUT2D eigenvalue weighted by Gasteiger charge is 2.29. The Morgan fingerprint density at radius 2 is 2.14 bits per heavy atom. The van der Waals surface area contributed by atoms with Crippen LogP contribution in [0.1, 0.15) is 74.6 Å². The number of halogens is 2. The summed E-state index contributed by atoms with van der Waals surface area (Å²) in [4.78, 5) is 17.4. The maximum Gasteiger partial charge on any atom is 0.271 e. The molecular weight excluding hydrogens is 448 g/mol. The molecule has 182 valence electrons. The normalized spacial score (nSPS) is 20.7. The number of benzene rings is 1. The first kappa shape index (κ1) is 24.6. The predicted octanol–water partition coefficient (Wildman–Crippen LogP) is 6.58. The van der Waals surface area contributed by atoms with E-state index in [1.165, 1.54) is 12.1 Å². The molecule has 35 heavy (non-hydrogen) atoms. The topological polar surface area (TPSA) is 78.4 Å². The number of rotatable bonds is 6. The van der Waals surface area contributed by atoms with E-state index in [1.807, 2.05) is 26.0 Å². The maximum absolute atomic E-state index is 13.7. The Hall–Kier alpha value is -3.53. The number of hydrogen-bond acceptors (Lipinski definition) is 4. The van der Waals surface area contributed by atoms with Gasteiger partial charge in [-0.1, -0.05) is 26.0 Å². The van der Waals surface area contributed by atoms with Gasteiger partial charge in [0.05, 0.1) is 23.9 Å². The minimum atomic E-state index is -2.89. The van der Waals surface area contributed by atoms with E-state index in [0.717, 1.165) is 42.0 Å². The molecule has 1 aromatic heterocycles. The van der Waals surface area contributed by atoms with Crippen molar-refractivity contribution in [2.45, 2.75) is 58.9 Å². The number of allylic oxidation sites excluding steroid dienone is 2. The van der Waals surface area contributed by atoms with E-state index in [0.29, 0.717) is 17.8 Å². The molecule has 2 heterocycles. The Morgan fingerprint density at radius 1 is 1.37 bits per heavy atom. The highest BCUT2D eigenvalue weighted by molar-refractivity contribution is 5.96. The number of hydrogen-bond donors (Lipinski definition) is 1. The highest BCUT2D eigenvalue weighted by atomic mass is 19.3. The molecule has 7 heteroatoms. The first-order valence-corrected chi connectivity index (χ1v) is 11.9. The van der Waals surface area contributed by atoms with Crippen molar-refractivity contribution < 1.29 is 18.0 Å². The zero-order valence-electron chi connectivity index (χ0n) is 20.4. The van der Waals surface area contributed by atoms with Gasteiger partial charge >= 0.3 is 0 Å². The lowest BCUT2D eigenvalue weighted by Gasteiger charge is -2.20. The number of carbonyl (C=O) groups excluding carboxylic acids is 1. The van der Waals surface area contributed by atoms with Gasteiger partial charge in [-0.2, -0.15) is 5.26 Å². The quantitative estimate of drug-likeness (QED) is 0.510. The van der Waals surface area contributed by atoms with Crippen LogP contribution in [0.3, 0.4) is 0 Å². The molecule has 2 aromatic rings. The zero-order valence-corrected chi connectivity index (χ0v) is 20.4. The number of nitrogens with zero attached hydrogens (tertiary/aromatic N) is 2. The van der Waals surface area contributed by atoms with Gasteiger partial charge in [0.2, 0.25) is 0 Å². The molecule has 0 bridgehead atoms. The summed E-state index contributed by atoms with van der Waals surface area (Å²) in [5.41, 5.74) is 3.98. The average molecular weight is 478 g/mol. The smallest absolute Gasteiger partial charge is 0.271 e. The molecule has 2 unspecified atom stereocenters. The molecule has 2 aliphatic rings. The van der Waals surface area contributed by atoms with Crippen molar-refractivity contribution in [2.24, 2.45) is 16.8 Å². The number of fused-ring (bicyclic) bond motifs is 1. The molecule has 4 rings (SSSR count). The Kier molecular flexibility index (Phi) is 6.75. The Morgan fingerprint density at radius 3 is 2.83 bits per heavy atom. The molecule has 3 atom stereocenters. The minimum Gasteiger partial charge on any atom is -0.464 e. The van der Waals surface area contributed by atoms with Crippen LogP contribution >= 0.6 is 0 Å². The zero-order chi connectivity index (χ0) is 25.3. The Labute approximate surface area is 204 Å². The van der Waals surface area contributed by atoms with Gasteiger partial charge < -0.3 is 9.73 Å². The van der Waals surface area contributed by atoms with E-state index >= 15 is 0 Å². The van der Waals surface area contributed by atoms with Crippen molar-refractivity contribution in [1.82, 2.24) is 5.32 Å². The monoisotopic (exact) mass is 477 g/mol. The van der Waals surface area contributed by atoms with Gasteiger partial charge in [0, 0.05) is 30.7 Å². The van der Waals surface area contributed by atoms with Crippen molar-refractivity contribution in [3.05, 3.63) is 69.8 Å². The summed E-state index contributed by atoms with van der Waals surface area (Å²) in [6.45, 7) is 6.81. The van der Waals surface area contributed by atoms with Gasteiger partial charge in [0.25, 0.3) is 11.8 Å².